The first-order valence-corrected chi connectivity index (χ1v) is 7.21. The number of phenolic OH excluding ortho intramolecular Hbond substituents is 1. The van der Waals surface area contributed by atoms with Gasteiger partial charge in [0.25, 0.3) is 0 Å². The van der Waals surface area contributed by atoms with Crippen molar-refractivity contribution in [2.45, 2.75) is 6.54 Å². The van der Waals surface area contributed by atoms with Gasteiger partial charge in [0.2, 0.25) is 5.75 Å². The van der Waals surface area contributed by atoms with Crippen LogP contribution in [0.3, 0.4) is 0 Å². The molecule has 7 nitrogen and oxygen atoms in total. The Morgan fingerprint density at radius 1 is 1.25 bits per heavy atom. The van der Waals surface area contributed by atoms with Gasteiger partial charge >= 0.3 is 5.69 Å². The number of hydrogen-bond acceptors (Lipinski definition) is 6. The number of benzene rings is 2. The minimum atomic E-state index is -0.701. The fraction of sp³-hybridized carbons (Fsp3) is 0.188. The maximum atomic E-state index is 10.9. The van der Waals surface area contributed by atoms with E-state index in [0.29, 0.717) is 18.0 Å². The maximum Gasteiger partial charge on any atom is 0.312 e. The summed E-state index contributed by atoms with van der Waals surface area (Å²) in [4.78, 5) is 14.4. The highest BCUT2D eigenvalue weighted by atomic mass is 35.5. The number of nitro benzene ring substituents is 1. The number of ether oxygens (including phenoxy) is 2. The van der Waals surface area contributed by atoms with Gasteiger partial charge in [-0.2, -0.15) is 0 Å². The molecule has 126 valence electrons. The molecule has 0 saturated carbocycles. The van der Waals surface area contributed by atoms with Crippen LogP contribution in [0.25, 0.3) is 0 Å². The SMILES string of the molecule is COc1ccc(CN=Cc2cc(Cl)cc([N+](=O)[O-])c2O)cc1OC. The fourth-order valence-electron chi connectivity index (χ4n) is 2.07. The number of nitro groups is 1. The molecule has 2 rings (SSSR count). The molecule has 2 aromatic carbocycles. The van der Waals surface area contributed by atoms with Crippen LogP contribution in [-0.4, -0.2) is 30.5 Å². The number of aromatic hydroxyl groups is 1. The minimum absolute atomic E-state index is 0.145. The van der Waals surface area contributed by atoms with E-state index in [9.17, 15) is 15.2 Å². The van der Waals surface area contributed by atoms with E-state index >= 15 is 0 Å². The molecule has 0 aliphatic carbocycles. The van der Waals surface area contributed by atoms with Crippen molar-refractivity contribution in [1.82, 2.24) is 0 Å². The molecule has 0 heterocycles. The van der Waals surface area contributed by atoms with Crippen LogP contribution in [0.2, 0.25) is 5.02 Å². The lowest BCUT2D eigenvalue weighted by Gasteiger charge is -2.08. The summed E-state index contributed by atoms with van der Waals surface area (Å²) in [5, 5.41) is 20.9. The average molecular weight is 351 g/mol. The molecule has 0 unspecified atom stereocenters. The molecule has 0 saturated heterocycles. The average Bonchev–Trinajstić information content (AvgIpc) is 2.57. The Kier molecular flexibility index (Phi) is 5.59. The van der Waals surface area contributed by atoms with Gasteiger partial charge in [0.1, 0.15) is 0 Å². The Morgan fingerprint density at radius 2 is 1.96 bits per heavy atom. The van der Waals surface area contributed by atoms with E-state index in [1.807, 2.05) is 6.07 Å². The van der Waals surface area contributed by atoms with Crippen LogP contribution in [0.4, 0.5) is 5.69 Å². The van der Waals surface area contributed by atoms with E-state index in [-0.39, 0.29) is 10.6 Å². The predicted octanol–water partition coefficient (Wildman–Crippen LogP) is 3.59. The molecule has 0 bridgehead atoms. The summed E-state index contributed by atoms with van der Waals surface area (Å²) < 4.78 is 10.4. The summed E-state index contributed by atoms with van der Waals surface area (Å²) in [5.74, 6) is 0.709. The van der Waals surface area contributed by atoms with Gasteiger partial charge in [0.15, 0.2) is 11.5 Å². The van der Waals surface area contributed by atoms with Crippen LogP contribution in [0, 0.1) is 10.1 Å². The van der Waals surface area contributed by atoms with Gasteiger partial charge in [-0.05, 0) is 23.8 Å². The number of methoxy groups -OCH3 is 2. The van der Waals surface area contributed by atoms with Crippen molar-refractivity contribution in [3.05, 3.63) is 56.6 Å². The molecule has 0 radical (unpaired) electrons. The lowest BCUT2D eigenvalue weighted by Crippen LogP contribution is -1.94. The molecule has 0 fully saturated rings. The Balaban J connectivity index is 2.22. The third-order valence-corrected chi connectivity index (χ3v) is 3.45. The number of hydrogen-bond donors (Lipinski definition) is 1. The molecule has 0 aliphatic rings. The molecule has 0 atom stereocenters. The van der Waals surface area contributed by atoms with Crippen molar-refractivity contribution in [3.8, 4) is 17.2 Å². The lowest BCUT2D eigenvalue weighted by atomic mass is 10.1. The largest absolute Gasteiger partial charge is 0.502 e. The van der Waals surface area contributed by atoms with Gasteiger partial charge in [-0.3, -0.25) is 15.1 Å². The summed E-state index contributed by atoms with van der Waals surface area (Å²) in [7, 11) is 3.08. The third kappa shape index (κ3) is 3.94. The van der Waals surface area contributed by atoms with Gasteiger partial charge in [-0.1, -0.05) is 17.7 Å². The van der Waals surface area contributed by atoms with Crippen molar-refractivity contribution < 1.29 is 19.5 Å². The van der Waals surface area contributed by atoms with Crippen molar-refractivity contribution >= 4 is 23.5 Å². The quantitative estimate of drug-likeness (QED) is 0.488. The number of nitrogens with zero attached hydrogens (tertiary/aromatic N) is 2. The number of halogens is 1. The Hall–Kier alpha value is -2.80. The van der Waals surface area contributed by atoms with Crippen LogP contribution >= 0.6 is 11.6 Å². The van der Waals surface area contributed by atoms with Crippen LogP contribution in [-0.2, 0) is 6.54 Å². The summed E-state index contributed by atoms with van der Waals surface area (Å²) in [6.07, 6.45) is 1.34. The molecule has 2 aromatic rings. The van der Waals surface area contributed by atoms with Crippen LogP contribution < -0.4 is 9.47 Å². The van der Waals surface area contributed by atoms with E-state index in [4.69, 9.17) is 21.1 Å². The second kappa shape index (κ2) is 7.65. The summed E-state index contributed by atoms with van der Waals surface area (Å²) in [5.41, 5.74) is 0.560. The van der Waals surface area contributed by atoms with Gasteiger partial charge in [-0.25, -0.2) is 0 Å². The monoisotopic (exact) mass is 350 g/mol. The van der Waals surface area contributed by atoms with Crippen molar-refractivity contribution in [3.63, 3.8) is 0 Å². The lowest BCUT2D eigenvalue weighted by molar-refractivity contribution is -0.385. The minimum Gasteiger partial charge on any atom is -0.502 e. The molecule has 24 heavy (non-hydrogen) atoms. The van der Waals surface area contributed by atoms with Crippen molar-refractivity contribution in [2.75, 3.05) is 14.2 Å². The third-order valence-electron chi connectivity index (χ3n) is 3.23. The predicted molar refractivity (Wildman–Crippen MR) is 90.6 cm³/mol. The van der Waals surface area contributed by atoms with Gasteiger partial charge in [-0.15, -0.1) is 0 Å². The van der Waals surface area contributed by atoms with Crippen LogP contribution in [0.5, 0.6) is 17.2 Å². The Bertz CT molecular complexity index is 792. The Labute approximate surface area is 143 Å². The highest BCUT2D eigenvalue weighted by Crippen LogP contribution is 2.32. The fourth-order valence-corrected chi connectivity index (χ4v) is 2.29. The standard InChI is InChI=1S/C16H15ClN2O5/c1-23-14-4-3-10(5-15(14)24-2)8-18-9-11-6-12(17)7-13(16(11)20)19(21)22/h3-7,9,20H,8H2,1-2H3. The molecule has 0 aliphatic heterocycles. The summed E-state index contributed by atoms with van der Waals surface area (Å²) in [6, 6.07) is 7.84. The molecule has 0 spiro atoms. The van der Waals surface area contributed by atoms with E-state index in [1.165, 1.54) is 19.4 Å². The smallest absolute Gasteiger partial charge is 0.312 e. The second-order valence-corrected chi connectivity index (χ2v) is 5.22. The zero-order chi connectivity index (χ0) is 17.7. The van der Waals surface area contributed by atoms with Gasteiger partial charge < -0.3 is 14.6 Å². The Morgan fingerprint density at radius 3 is 2.58 bits per heavy atom. The molecule has 1 N–H and O–H groups in total. The molecular formula is C16H15ClN2O5. The van der Waals surface area contributed by atoms with Crippen LogP contribution in [0.15, 0.2) is 35.3 Å². The van der Waals surface area contributed by atoms with Crippen molar-refractivity contribution in [1.29, 1.82) is 0 Å². The highest BCUT2D eigenvalue weighted by Gasteiger charge is 2.17. The summed E-state index contributed by atoms with van der Waals surface area (Å²) >= 11 is 5.83. The van der Waals surface area contributed by atoms with Crippen LogP contribution in [0.1, 0.15) is 11.1 Å². The van der Waals surface area contributed by atoms with E-state index < -0.39 is 16.4 Å². The maximum absolute atomic E-state index is 10.9. The first-order chi connectivity index (χ1) is 11.5. The van der Waals surface area contributed by atoms with Crippen molar-refractivity contribution in [2.24, 2.45) is 4.99 Å². The van der Waals surface area contributed by atoms with E-state index in [1.54, 1.807) is 19.2 Å². The normalized spacial score (nSPS) is 10.8. The number of rotatable bonds is 6. The highest BCUT2D eigenvalue weighted by molar-refractivity contribution is 6.31. The topological polar surface area (TPSA) is 94.2 Å². The molecule has 8 heteroatoms. The number of phenols is 1. The first-order valence-electron chi connectivity index (χ1n) is 6.84. The summed E-state index contributed by atoms with van der Waals surface area (Å²) in [6.45, 7) is 0.292. The first kappa shape index (κ1) is 17.6. The number of aliphatic imine (C=N–C) groups is 1. The second-order valence-electron chi connectivity index (χ2n) is 4.78. The van der Waals surface area contributed by atoms with E-state index in [2.05, 4.69) is 4.99 Å². The van der Waals surface area contributed by atoms with Gasteiger partial charge in [0, 0.05) is 22.9 Å². The zero-order valence-corrected chi connectivity index (χ0v) is 13.8. The van der Waals surface area contributed by atoms with E-state index in [0.717, 1.165) is 11.6 Å². The van der Waals surface area contributed by atoms with Gasteiger partial charge in [0.05, 0.1) is 25.7 Å². The molecular weight excluding hydrogens is 336 g/mol. The molecule has 0 aromatic heterocycles. The molecule has 0 amide bonds. The zero-order valence-electron chi connectivity index (χ0n) is 13.0.